The molecule has 0 unspecified atom stereocenters. The minimum Gasteiger partial charge on any atom is -0.341 e. The van der Waals surface area contributed by atoms with Gasteiger partial charge in [0.15, 0.2) is 0 Å². The fourth-order valence-corrected chi connectivity index (χ4v) is 5.38. The number of fused-ring (bicyclic) bond motifs is 1. The van der Waals surface area contributed by atoms with Gasteiger partial charge in [0.25, 0.3) is 11.1 Å². The molecule has 0 radical (unpaired) electrons. The number of hydrogen-bond donors (Lipinski definition) is 0. The van der Waals surface area contributed by atoms with Crippen LogP contribution in [-0.2, 0) is 22.7 Å². The summed E-state index contributed by atoms with van der Waals surface area (Å²) in [7, 11) is 0. The molecule has 0 bridgehead atoms. The fourth-order valence-electron chi connectivity index (χ4n) is 4.28. The molecule has 2 saturated heterocycles. The molecular formula is C25H22BrN3O3S. The highest BCUT2D eigenvalue weighted by atomic mass is 79.9. The van der Waals surface area contributed by atoms with Crippen molar-refractivity contribution in [2.24, 2.45) is 0 Å². The van der Waals surface area contributed by atoms with Crippen LogP contribution in [0.4, 0.5) is 4.79 Å². The van der Waals surface area contributed by atoms with E-state index in [1.165, 1.54) is 4.90 Å². The predicted molar refractivity (Wildman–Crippen MR) is 133 cm³/mol. The summed E-state index contributed by atoms with van der Waals surface area (Å²) < 4.78 is 2.88. The van der Waals surface area contributed by atoms with Crippen molar-refractivity contribution < 1.29 is 14.4 Å². The van der Waals surface area contributed by atoms with Crippen LogP contribution in [0.3, 0.4) is 0 Å². The van der Waals surface area contributed by atoms with Crippen LogP contribution in [0.5, 0.6) is 0 Å². The minimum atomic E-state index is -0.294. The van der Waals surface area contributed by atoms with Gasteiger partial charge in [-0.3, -0.25) is 19.3 Å². The smallest absolute Gasteiger partial charge is 0.293 e. The number of carbonyl (C=O) groups is 3. The molecule has 8 heteroatoms. The van der Waals surface area contributed by atoms with Gasteiger partial charge >= 0.3 is 0 Å². The molecule has 0 spiro atoms. The lowest BCUT2D eigenvalue weighted by molar-refractivity contribution is -0.130. The second kappa shape index (κ2) is 9.19. The number of amides is 3. The highest BCUT2D eigenvalue weighted by Gasteiger charge is 2.35. The van der Waals surface area contributed by atoms with Crippen molar-refractivity contribution in [3.05, 3.63) is 75.2 Å². The summed E-state index contributed by atoms with van der Waals surface area (Å²) >= 11 is 4.35. The molecule has 0 saturated carbocycles. The van der Waals surface area contributed by atoms with E-state index in [-0.39, 0.29) is 30.1 Å². The van der Waals surface area contributed by atoms with E-state index in [4.69, 9.17) is 0 Å². The van der Waals surface area contributed by atoms with Gasteiger partial charge < -0.3 is 9.47 Å². The Labute approximate surface area is 204 Å². The number of rotatable bonds is 5. The van der Waals surface area contributed by atoms with Gasteiger partial charge in [-0.25, -0.2) is 0 Å². The number of halogens is 1. The zero-order valence-corrected chi connectivity index (χ0v) is 20.3. The Bertz CT molecular complexity index is 1280. The standard InChI is InChI=1S/C25H22BrN3O3S/c26-19-9-7-17(8-10-19)14-29-24(31)22(33-25(29)32)13-18-15-28(21-6-2-1-5-20(18)21)16-23(30)27-11-3-4-12-27/h1-2,5-10,13,15H,3-4,11-12,14,16H2/b22-13-. The molecule has 3 aromatic rings. The molecule has 0 atom stereocenters. The van der Waals surface area contributed by atoms with Crippen LogP contribution in [0.1, 0.15) is 24.0 Å². The lowest BCUT2D eigenvalue weighted by Gasteiger charge is -2.15. The number of imide groups is 1. The number of thioether (sulfide) groups is 1. The molecule has 1 aromatic heterocycles. The normalized spacial score (nSPS) is 17.7. The van der Waals surface area contributed by atoms with E-state index in [0.29, 0.717) is 4.91 Å². The van der Waals surface area contributed by atoms with Gasteiger partial charge in [-0.05, 0) is 54.4 Å². The fraction of sp³-hybridized carbons (Fsp3) is 0.240. The van der Waals surface area contributed by atoms with E-state index in [0.717, 1.165) is 64.2 Å². The molecule has 168 valence electrons. The molecule has 0 N–H and O–H groups in total. The Morgan fingerprint density at radius 2 is 1.76 bits per heavy atom. The zero-order chi connectivity index (χ0) is 22.9. The highest BCUT2D eigenvalue weighted by Crippen LogP contribution is 2.35. The van der Waals surface area contributed by atoms with Gasteiger partial charge in [-0.15, -0.1) is 0 Å². The summed E-state index contributed by atoms with van der Waals surface area (Å²) in [6.45, 7) is 2.13. The molecule has 2 fully saturated rings. The zero-order valence-electron chi connectivity index (χ0n) is 17.9. The van der Waals surface area contributed by atoms with Crippen molar-refractivity contribution >= 4 is 61.7 Å². The van der Waals surface area contributed by atoms with Crippen molar-refractivity contribution in [1.29, 1.82) is 0 Å². The average Bonchev–Trinajstić information content (AvgIpc) is 3.52. The van der Waals surface area contributed by atoms with E-state index in [2.05, 4.69) is 15.9 Å². The third kappa shape index (κ3) is 4.50. The molecule has 3 heterocycles. The number of aromatic nitrogens is 1. The Balaban J connectivity index is 1.41. The third-order valence-corrected chi connectivity index (χ3v) is 7.43. The molecule has 2 aliphatic heterocycles. The van der Waals surface area contributed by atoms with Gasteiger partial charge in [-0.2, -0.15) is 0 Å². The predicted octanol–water partition coefficient (Wildman–Crippen LogP) is 5.26. The minimum absolute atomic E-state index is 0.106. The van der Waals surface area contributed by atoms with E-state index < -0.39 is 0 Å². The molecule has 33 heavy (non-hydrogen) atoms. The quantitative estimate of drug-likeness (QED) is 0.427. The van der Waals surface area contributed by atoms with Crippen LogP contribution < -0.4 is 0 Å². The second-order valence-corrected chi connectivity index (χ2v) is 10.1. The SMILES string of the molecule is O=C(Cn1cc(/C=C2\SC(=O)N(Cc3ccc(Br)cc3)C2=O)c2ccccc21)N1CCCC1. The maximum absolute atomic E-state index is 13.0. The average molecular weight is 524 g/mol. The van der Waals surface area contributed by atoms with Crippen LogP contribution in [0.2, 0.25) is 0 Å². The van der Waals surface area contributed by atoms with Gasteiger partial charge in [0.05, 0.1) is 11.4 Å². The molecule has 0 aliphatic carbocycles. The van der Waals surface area contributed by atoms with Crippen LogP contribution >= 0.6 is 27.7 Å². The van der Waals surface area contributed by atoms with E-state index in [9.17, 15) is 14.4 Å². The van der Waals surface area contributed by atoms with Gasteiger partial charge in [-0.1, -0.05) is 46.3 Å². The van der Waals surface area contributed by atoms with E-state index >= 15 is 0 Å². The van der Waals surface area contributed by atoms with Gasteiger partial charge in [0.2, 0.25) is 5.91 Å². The largest absolute Gasteiger partial charge is 0.341 e. The summed E-state index contributed by atoms with van der Waals surface area (Å²) in [5.41, 5.74) is 2.65. The summed E-state index contributed by atoms with van der Waals surface area (Å²) in [6, 6.07) is 15.4. The first-order valence-electron chi connectivity index (χ1n) is 10.8. The number of hydrogen-bond acceptors (Lipinski definition) is 4. The number of likely N-dealkylation sites (tertiary alicyclic amines) is 1. The van der Waals surface area contributed by atoms with Crippen molar-refractivity contribution in [3.63, 3.8) is 0 Å². The lowest BCUT2D eigenvalue weighted by atomic mass is 10.1. The third-order valence-electron chi connectivity index (χ3n) is 6.00. The molecule has 3 amide bonds. The van der Waals surface area contributed by atoms with Crippen molar-refractivity contribution in [2.75, 3.05) is 13.1 Å². The highest BCUT2D eigenvalue weighted by molar-refractivity contribution is 9.10. The molecule has 2 aromatic carbocycles. The topological polar surface area (TPSA) is 62.6 Å². The first-order chi connectivity index (χ1) is 16.0. The van der Waals surface area contributed by atoms with Crippen molar-refractivity contribution in [3.8, 4) is 0 Å². The summed E-state index contributed by atoms with van der Waals surface area (Å²) in [4.78, 5) is 41.9. The Kier molecular flexibility index (Phi) is 6.12. The van der Waals surface area contributed by atoms with E-state index in [1.54, 1.807) is 6.08 Å². The van der Waals surface area contributed by atoms with Crippen LogP contribution in [0, 0.1) is 0 Å². The first-order valence-corrected chi connectivity index (χ1v) is 12.5. The summed E-state index contributed by atoms with van der Waals surface area (Å²) in [5, 5.41) is 0.675. The maximum Gasteiger partial charge on any atom is 0.293 e. The molecule has 5 rings (SSSR count). The van der Waals surface area contributed by atoms with Crippen LogP contribution in [0.15, 0.2) is 64.1 Å². The number of para-hydroxylation sites is 1. The first kappa shape index (κ1) is 22.0. The summed E-state index contributed by atoms with van der Waals surface area (Å²) in [5.74, 6) is -0.187. The van der Waals surface area contributed by atoms with Gasteiger partial charge in [0, 0.05) is 40.2 Å². The lowest BCUT2D eigenvalue weighted by Crippen LogP contribution is -2.30. The molecule has 2 aliphatic rings. The van der Waals surface area contributed by atoms with E-state index in [1.807, 2.05) is 64.2 Å². The van der Waals surface area contributed by atoms with Gasteiger partial charge in [0.1, 0.15) is 6.54 Å². The number of nitrogens with zero attached hydrogens (tertiary/aromatic N) is 3. The number of benzene rings is 2. The molecular weight excluding hydrogens is 502 g/mol. The van der Waals surface area contributed by atoms with Crippen molar-refractivity contribution in [2.45, 2.75) is 25.9 Å². The Morgan fingerprint density at radius 1 is 1.03 bits per heavy atom. The van der Waals surface area contributed by atoms with Crippen LogP contribution in [0.25, 0.3) is 17.0 Å². The Hall–Kier alpha value is -2.84. The Morgan fingerprint density at radius 3 is 2.52 bits per heavy atom. The van der Waals surface area contributed by atoms with Crippen molar-refractivity contribution in [1.82, 2.24) is 14.4 Å². The monoisotopic (exact) mass is 523 g/mol. The maximum atomic E-state index is 13.0. The molecule has 6 nitrogen and oxygen atoms in total. The van der Waals surface area contributed by atoms with Crippen LogP contribution in [-0.4, -0.2) is 44.5 Å². The summed E-state index contributed by atoms with van der Waals surface area (Å²) in [6.07, 6.45) is 5.78. The second-order valence-electron chi connectivity index (χ2n) is 8.21. The number of carbonyl (C=O) groups excluding carboxylic acids is 3.